The van der Waals surface area contributed by atoms with E-state index in [2.05, 4.69) is 33.3 Å². The quantitative estimate of drug-likeness (QED) is 0.844. The average Bonchev–Trinajstić information content (AvgIpc) is 2.85. The van der Waals surface area contributed by atoms with Gasteiger partial charge in [0, 0.05) is 19.1 Å². The summed E-state index contributed by atoms with van der Waals surface area (Å²) >= 11 is 3.55. The zero-order valence-corrected chi connectivity index (χ0v) is 16.2. The standard InChI is InChI=1S/C18H27BrN4O/c1-3-23-16(15(19)10-20-23)11-22(2)17(24)21-18-7-12-4-13(8-18)6-14(5-12)9-18/h10,12-14H,3-9,11H2,1-2H3,(H,21,24). The van der Waals surface area contributed by atoms with Crippen molar-refractivity contribution in [2.75, 3.05) is 7.05 Å². The molecule has 0 aliphatic heterocycles. The van der Waals surface area contributed by atoms with Gasteiger partial charge in [0.15, 0.2) is 0 Å². The Balaban J connectivity index is 1.43. The molecule has 4 saturated carbocycles. The van der Waals surface area contributed by atoms with Crippen molar-refractivity contribution in [3.8, 4) is 0 Å². The number of hydrogen-bond donors (Lipinski definition) is 1. The third-order valence-corrected chi connectivity index (χ3v) is 7.00. The Morgan fingerprint density at radius 2 is 1.92 bits per heavy atom. The van der Waals surface area contributed by atoms with Crippen LogP contribution in [0.1, 0.15) is 51.1 Å². The van der Waals surface area contributed by atoms with Crippen molar-refractivity contribution >= 4 is 22.0 Å². The van der Waals surface area contributed by atoms with E-state index in [1.807, 2.05) is 17.9 Å². The summed E-state index contributed by atoms with van der Waals surface area (Å²) in [6, 6.07) is 0.0627. The van der Waals surface area contributed by atoms with E-state index in [4.69, 9.17) is 0 Å². The van der Waals surface area contributed by atoms with Crippen molar-refractivity contribution in [2.24, 2.45) is 17.8 Å². The first-order chi connectivity index (χ1) is 11.5. The van der Waals surface area contributed by atoms with E-state index >= 15 is 0 Å². The van der Waals surface area contributed by atoms with E-state index in [0.717, 1.165) is 34.5 Å². The molecule has 5 rings (SSSR count). The molecule has 0 aromatic carbocycles. The summed E-state index contributed by atoms with van der Waals surface area (Å²) in [5, 5.41) is 7.77. The minimum Gasteiger partial charge on any atom is -0.333 e. The maximum Gasteiger partial charge on any atom is 0.317 e. The SMILES string of the molecule is CCn1ncc(Br)c1CN(C)C(=O)NC12CC3CC(CC(C3)C1)C2. The minimum absolute atomic E-state index is 0.0627. The van der Waals surface area contributed by atoms with E-state index in [1.54, 1.807) is 4.90 Å². The van der Waals surface area contributed by atoms with Crippen LogP contribution in [0.2, 0.25) is 0 Å². The van der Waals surface area contributed by atoms with Crippen LogP contribution in [-0.4, -0.2) is 33.3 Å². The predicted molar refractivity (Wildman–Crippen MR) is 96.5 cm³/mol. The molecule has 0 radical (unpaired) electrons. The number of aromatic nitrogens is 2. The van der Waals surface area contributed by atoms with Crippen LogP contribution < -0.4 is 5.32 Å². The first-order valence-corrected chi connectivity index (χ1v) is 10.0. The molecule has 5 nitrogen and oxygen atoms in total. The second-order valence-corrected chi connectivity index (χ2v) is 9.09. The normalized spacial score (nSPS) is 33.7. The molecular weight excluding hydrogens is 368 g/mol. The summed E-state index contributed by atoms with van der Waals surface area (Å²) in [7, 11) is 1.88. The molecule has 0 atom stereocenters. The van der Waals surface area contributed by atoms with Crippen LogP contribution in [0.4, 0.5) is 4.79 Å². The van der Waals surface area contributed by atoms with Gasteiger partial charge in [-0.2, -0.15) is 5.10 Å². The molecule has 1 aromatic heterocycles. The first kappa shape index (κ1) is 16.4. The highest BCUT2D eigenvalue weighted by atomic mass is 79.9. The van der Waals surface area contributed by atoms with Crippen LogP contribution in [0.3, 0.4) is 0 Å². The molecule has 0 unspecified atom stereocenters. The fourth-order valence-corrected chi connectivity index (χ4v) is 6.12. The largest absolute Gasteiger partial charge is 0.333 e. The first-order valence-electron chi connectivity index (χ1n) is 9.21. The van der Waals surface area contributed by atoms with Gasteiger partial charge in [0.05, 0.1) is 22.9 Å². The molecule has 4 bridgehead atoms. The average molecular weight is 395 g/mol. The smallest absolute Gasteiger partial charge is 0.317 e. The maximum atomic E-state index is 12.8. The summed E-state index contributed by atoms with van der Waals surface area (Å²) in [4.78, 5) is 14.6. The minimum atomic E-state index is 0.0627. The maximum absolute atomic E-state index is 12.8. The predicted octanol–water partition coefficient (Wildman–Crippen LogP) is 3.78. The molecule has 4 aliphatic rings. The van der Waals surface area contributed by atoms with Gasteiger partial charge in [0.1, 0.15) is 0 Å². The third kappa shape index (κ3) is 2.87. The Morgan fingerprint density at radius 1 is 1.33 bits per heavy atom. The number of rotatable bonds is 4. The molecule has 2 amide bonds. The Morgan fingerprint density at radius 3 is 2.46 bits per heavy atom. The van der Waals surface area contributed by atoms with Gasteiger partial charge in [-0.15, -0.1) is 0 Å². The van der Waals surface area contributed by atoms with Crippen LogP contribution >= 0.6 is 15.9 Å². The van der Waals surface area contributed by atoms with E-state index in [9.17, 15) is 4.79 Å². The highest BCUT2D eigenvalue weighted by molar-refractivity contribution is 9.10. The Bertz CT molecular complexity index is 606. The molecular formula is C18H27BrN4O. The second kappa shape index (κ2) is 6.04. The van der Waals surface area contributed by atoms with Crippen molar-refractivity contribution < 1.29 is 4.79 Å². The van der Waals surface area contributed by atoms with Gasteiger partial charge >= 0.3 is 6.03 Å². The second-order valence-electron chi connectivity index (χ2n) is 8.24. The van der Waals surface area contributed by atoms with Crippen LogP contribution in [0.15, 0.2) is 10.7 Å². The summed E-state index contributed by atoms with van der Waals surface area (Å²) < 4.78 is 2.91. The molecule has 1 aromatic rings. The summed E-state index contributed by atoms with van der Waals surface area (Å²) in [6.07, 6.45) is 9.57. The Kier molecular flexibility index (Phi) is 4.14. The van der Waals surface area contributed by atoms with Crippen LogP contribution in [0.5, 0.6) is 0 Å². The molecule has 24 heavy (non-hydrogen) atoms. The molecule has 0 spiro atoms. The van der Waals surface area contributed by atoms with Crippen molar-refractivity contribution in [3.05, 3.63) is 16.4 Å². The van der Waals surface area contributed by atoms with E-state index in [-0.39, 0.29) is 11.6 Å². The molecule has 4 aliphatic carbocycles. The Labute approximate surface area is 152 Å². The van der Waals surface area contributed by atoms with E-state index < -0.39 is 0 Å². The fraction of sp³-hybridized carbons (Fsp3) is 0.778. The molecule has 132 valence electrons. The van der Waals surface area contributed by atoms with E-state index in [0.29, 0.717) is 6.54 Å². The summed E-state index contributed by atoms with van der Waals surface area (Å²) in [5.41, 5.74) is 1.13. The number of amides is 2. The van der Waals surface area contributed by atoms with Crippen LogP contribution in [0, 0.1) is 17.8 Å². The number of nitrogens with one attached hydrogen (secondary N) is 1. The fourth-order valence-electron chi connectivity index (χ4n) is 5.70. The van der Waals surface area contributed by atoms with Gasteiger partial charge in [-0.25, -0.2) is 4.79 Å². The lowest BCUT2D eigenvalue weighted by molar-refractivity contribution is -0.0154. The molecule has 0 saturated heterocycles. The van der Waals surface area contributed by atoms with Crippen LogP contribution in [-0.2, 0) is 13.1 Å². The molecule has 1 heterocycles. The third-order valence-electron chi connectivity index (χ3n) is 6.34. The van der Waals surface area contributed by atoms with Crippen molar-refractivity contribution in [3.63, 3.8) is 0 Å². The zero-order chi connectivity index (χ0) is 16.9. The van der Waals surface area contributed by atoms with Gasteiger partial charge < -0.3 is 10.2 Å². The van der Waals surface area contributed by atoms with Gasteiger partial charge in [-0.3, -0.25) is 4.68 Å². The van der Waals surface area contributed by atoms with Crippen molar-refractivity contribution in [1.82, 2.24) is 20.0 Å². The lowest BCUT2D eigenvalue weighted by Crippen LogP contribution is -2.61. The van der Waals surface area contributed by atoms with Gasteiger partial charge in [-0.05, 0) is 79.1 Å². The van der Waals surface area contributed by atoms with Gasteiger partial charge in [0.2, 0.25) is 0 Å². The number of carbonyl (C=O) groups excluding carboxylic acids is 1. The lowest BCUT2D eigenvalue weighted by atomic mass is 9.53. The number of carbonyl (C=O) groups is 1. The monoisotopic (exact) mass is 394 g/mol. The topological polar surface area (TPSA) is 50.2 Å². The van der Waals surface area contributed by atoms with Crippen molar-refractivity contribution in [2.45, 2.75) is 64.1 Å². The highest BCUT2D eigenvalue weighted by Crippen LogP contribution is 2.55. The van der Waals surface area contributed by atoms with Crippen LogP contribution in [0.25, 0.3) is 0 Å². The van der Waals surface area contributed by atoms with Gasteiger partial charge in [0.25, 0.3) is 0 Å². The summed E-state index contributed by atoms with van der Waals surface area (Å²) in [6.45, 7) is 3.45. The number of halogens is 1. The number of hydrogen-bond acceptors (Lipinski definition) is 2. The van der Waals surface area contributed by atoms with E-state index in [1.165, 1.54) is 38.5 Å². The molecule has 1 N–H and O–H groups in total. The zero-order valence-electron chi connectivity index (χ0n) is 14.6. The number of nitrogens with zero attached hydrogens (tertiary/aromatic N) is 3. The number of urea groups is 1. The Hall–Kier alpha value is -1.04. The molecule has 4 fully saturated rings. The van der Waals surface area contributed by atoms with Gasteiger partial charge in [-0.1, -0.05) is 0 Å². The molecule has 6 heteroatoms. The lowest BCUT2D eigenvalue weighted by Gasteiger charge is -2.57. The summed E-state index contributed by atoms with van der Waals surface area (Å²) in [5.74, 6) is 2.53. The highest BCUT2D eigenvalue weighted by Gasteiger charge is 2.51. The van der Waals surface area contributed by atoms with Crippen molar-refractivity contribution in [1.29, 1.82) is 0 Å². The number of aryl methyl sites for hydroxylation is 1.